The Morgan fingerprint density at radius 3 is 2.80 bits per heavy atom. The number of nitrogen functional groups attached to an aromatic ring is 1. The molecule has 0 aliphatic heterocycles. The smallest absolute Gasteiger partial charge is 0.300 e. The Bertz CT molecular complexity index is 199. The van der Waals surface area contributed by atoms with Crippen molar-refractivity contribution in [1.82, 2.24) is 10.3 Å². The van der Waals surface area contributed by atoms with Gasteiger partial charge in [-0.15, -0.1) is 0 Å². The van der Waals surface area contributed by atoms with Crippen LogP contribution in [0.5, 0.6) is 5.88 Å². The van der Waals surface area contributed by atoms with E-state index in [-0.39, 0.29) is 11.7 Å². The number of nitrogens with two attached hydrogens (primary N) is 2. The van der Waals surface area contributed by atoms with Crippen LogP contribution in [0.4, 0.5) is 5.82 Å². The normalized spacial score (nSPS) is 9.70. The lowest BCUT2D eigenvalue weighted by Crippen LogP contribution is -2.11. The standard InChI is InChI=1S/C4H8N4O2/c5-1-2-9-4-3(6)7-10-8-4/h1-2,5H2,(H2,6,7). The molecule has 0 spiro atoms. The molecule has 0 aliphatic carbocycles. The number of hydrogen-bond acceptors (Lipinski definition) is 6. The van der Waals surface area contributed by atoms with Gasteiger partial charge in [-0.1, -0.05) is 0 Å². The van der Waals surface area contributed by atoms with Crippen LogP contribution in [0.25, 0.3) is 0 Å². The zero-order valence-corrected chi connectivity index (χ0v) is 5.28. The van der Waals surface area contributed by atoms with Crippen LogP contribution in [-0.4, -0.2) is 23.5 Å². The molecule has 0 saturated carbocycles. The summed E-state index contributed by atoms with van der Waals surface area (Å²) in [6, 6.07) is 0. The van der Waals surface area contributed by atoms with Gasteiger partial charge in [-0.2, -0.15) is 0 Å². The molecule has 1 aromatic heterocycles. The van der Waals surface area contributed by atoms with Gasteiger partial charge in [0.05, 0.1) is 0 Å². The van der Waals surface area contributed by atoms with Crippen molar-refractivity contribution in [3.8, 4) is 5.88 Å². The first-order chi connectivity index (χ1) is 4.84. The third-order valence-electron chi connectivity index (χ3n) is 0.839. The Balaban J connectivity index is 2.49. The molecule has 0 radical (unpaired) electrons. The van der Waals surface area contributed by atoms with Crippen molar-refractivity contribution in [1.29, 1.82) is 0 Å². The van der Waals surface area contributed by atoms with E-state index < -0.39 is 0 Å². The van der Waals surface area contributed by atoms with E-state index in [1.165, 1.54) is 0 Å². The molecule has 0 amide bonds. The van der Waals surface area contributed by atoms with Crippen molar-refractivity contribution in [3.63, 3.8) is 0 Å². The zero-order chi connectivity index (χ0) is 7.40. The summed E-state index contributed by atoms with van der Waals surface area (Å²) < 4.78 is 9.16. The summed E-state index contributed by atoms with van der Waals surface area (Å²) >= 11 is 0. The van der Waals surface area contributed by atoms with E-state index in [0.29, 0.717) is 13.2 Å². The van der Waals surface area contributed by atoms with E-state index in [4.69, 9.17) is 16.2 Å². The molecule has 0 unspecified atom stereocenters. The van der Waals surface area contributed by atoms with Gasteiger partial charge in [0.1, 0.15) is 6.61 Å². The Hall–Kier alpha value is -1.30. The molecule has 0 saturated heterocycles. The van der Waals surface area contributed by atoms with Gasteiger partial charge in [0.25, 0.3) is 5.88 Å². The highest BCUT2D eigenvalue weighted by molar-refractivity contribution is 5.36. The number of hydrogen-bond donors (Lipinski definition) is 2. The molecule has 0 atom stereocenters. The van der Waals surface area contributed by atoms with Gasteiger partial charge in [0, 0.05) is 6.54 Å². The van der Waals surface area contributed by atoms with Crippen LogP contribution in [0.15, 0.2) is 4.63 Å². The summed E-state index contributed by atoms with van der Waals surface area (Å²) in [4.78, 5) is 0. The highest BCUT2D eigenvalue weighted by Gasteiger charge is 2.04. The van der Waals surface area contributed by atoms with E-state index in [0.717, 1.165) is 0 Å². The number of anilines is 1. The quantitative estimate of drug-likeness (QED) is 0.563. The molecule has 4 N–H and O–H groups in total. The lowest BCUT2D eigenvalue weighted by Gasteiger charge is -1.96. The topological polar surface area (TPSA) is 100 Å². The van der Waals surface area contributed by atoms with Gasteiger partial charge in [-0.3, -0.25) is 0 Å². The predicted molar refractivity (Wildman–Crippen MR) is 33.3 cm³/mol. The lowest BCUT2D eigenvalue weighted by molar-refractivity contribution is 0.260. The van der Waals surface area contributed by atoms with Crippen LogP contribution in [0.1, 0.15) is 0 Å². The Labute approximate surface area is 57.1 Å². The molecule has 0 aliphatic rings. The maximum atomic E-state index is 5.25. The fourth-order valence-corrected chi connectivity index (χ4v) is 0.443. The van der Waals surface area contributed by atoms with Crippen molar-refractivity contribution >= 4 is 5.82 Å². The van der Waals surface area contributed by atoms with Crippen LogP contribution in [0, 0.1) is 0 Å². The number of nitrogens with zero attached hydrogens (tertiary/aromatic N) is 2. The van der Waals surface area contributed by atoms with Gasteiger partial charge in [-0.05, 0) is 10.3 Å². The van der Waals surface area contributed by atoms with Crippen LogP contribution in [0.2, 0.25) is 0 Å². The summed E-state index contributed by atoms with van der Waals surface area (Å²) in [7, 11) is 0. The molecule has 0 bridgehead atoms. The first-order valence-electron chi connectivity index (χ1n) is 2.75. The van der Waals surface area contributed by atoms with Crippen molar-refractivity contribution < 1.29 is 9.37 Å². The predicted octanol–water partition coefficient (Wildman–Crippen LogP) is -1.01. The van der Waals surface area contributed by atoms with E-state index in [1.807, 2.05) is 0 Å². The Morgan fingerprint density at radius 1 is 1.50 bits per heavy atom. The van der Waals surface area contributed by atoms with E-state index in [2.05, 4.69) is 14.9 Å². The second kappa shape index (κ2) is 3.02. The minimum atomic E-state index is 0.147. The first-order valence-corrected chi connectivity index (χ1v) is 2.75. The summed E-state index contributed by atoms with van der Waals surface area (Å²) in [5.41, 5.74) is 10.4. The maximum absolute atomic E-state index is 5.25. The molecule has 10 heavy (non-hydrogen) atoms. The van der Waals surface area contributed by atoms with Gasteiger partial charge in [0.2, 0.25) is 5.82 Å². The third-order valence-corrected chi connectivity index (χ3v) is 0.839. The van der Waals surface area contributed by atoms with Crippen molar-refractivity contribution in [2.24, 2.45) is 5.73 Å². The molecule has 0 fully saturated rings. The average molecular weight is 144 g/mol. The first kappa shape index (κ1) is 6.81. The highest BCUT2D eigenvalue weighted by Crippen LogP contribution is 2.12. The average Bonchev–Trinajstić information content (AvgIpc) is 2.31. The summed E-state index contributed by atoms with van der Waals surface area (Å²) in [5, 5.41) is 6.66. The molecule has 56 valence electrons. The zero-order valence-electron chi connectivity index (χ0n) is 5.28. The molecule has 6 heteroatoms. The SMILES string of the molecule is NCCOc1nonc1N. The van der Waals surface area contributed by atoms with Crippen LogP contribution in [-0.2, 0) is 0 Å². The fourth-order valence-electron chi connectivity index (χ4n) is 0.443. The largest absolute Gasteiger partial charge is 0.471 e. The summed E-state index contributed by atoms with van der Waals surface area (Å²) in [6.07, 6.45) is 0. The summed E-state index contributed by atoms with van der Waals surface area (Å²) in [6.45, 7) is 0.769. The van der Waals surface area contributed by atoms with Gasteiger partial charge < -0.3 is 16.2 Å². The van der Waals surface area contributed by atoms with E-state index >= 15 is 0 Å². The Kier molecular flexibility index (Phi) is 2.06. The number of rotatable bonds is 3. The molecule has 0 aromatic carbocycles. The van der Waals surface area contributed by atoms with Gasteiger partial charge >= 0.3 is 0 Å². The monoisotopic (exact) mass is 144 g/mol. The van der Waals surface area contributed by atoms with Crippen molar-refractivity contribution in [2.75, 3.05) is 18.9 Å². The molecular formula is C4H8N4O2. The second-order valence-electron chi connectivity index (χ2n) is 1.59. The number of aromatic nitrogens is 2. The molecule has 6 nitrogen and oxygen atoms in total. The minimum Gasteiger partial charge on any atom is -0.471 e. The minimum absolute atomic E-state index is 0.147. The van der Waals surface area contributed by atoms with Crippen LogP contribution < -0.4 is 16.2 Å². The number of ether oxygens (including phenoxy) is 1. The molecule has 1 heterocycles. The lowest BCUT2D eigenvalue weighted by atomic mass is 10.7. The molecule has 1 rings (SSSR count). The van der Waals surface area contributed by atoms with Crippen LogP contribution >= 0.6 is 0 Å². The molecule has 1 aromatic rings. The second-order valence-corrected chi connectivity index (χ2v) is 1.59. The third kappa shape index (κ3) is 1.35. The van der Waals surface area contributed by atoms with Crippen molar-refractivity contribution in [3.05, 3.63) is 0 Å². The molecular weight excluding hydrogens is 136 g/mol. The highest BCUT2D eigenvalue weighted by atomic mass is 16.6. The van der Waals surface area contributed by atoms with Gasteiger partial charge in [0.15, 0.2) is 0 Å². The van der Waals surface area contributed by atoms with E-state index in [1.54, 1.807) is 0 Å². The van der Waals surface area contributed by atoms with Crippen molar-refractivity contribution in [2.45, 2.75) is 0 Å². The van der Waals surface area contributed by atoms with E-state index in [9.17, 15) is 0 Å². The fraction of sp³-hybridized carbons (Fsp3) is 0.500. The maximum Gasteiger partial charge on any atom is 0.300 e. The Morgan fingerprint density at radius 2 is 2.30 bits per heavy atom. The summed E-state index contributed by atoms with van der Waals surface area (Å²) in [5.74, 6) is 0.346. The van der Waals surface area contributed by atoms with Crippen LogP contribution in [0.3, 0.4) is 0 Å². The van der Waals surface area contributed by atoms with Gasteiger partial charge in [-0.25, -0.2) is 4.63 Å².